The van der Waals surface area contributed by atoms with Crippen LogP contribution in [-0.2, 0) is 4.79 Å². The van der Waals surface area contributed by atoms with Crippen molar-refractivity contribution in [3.63, 3.8) is 0 Å². The number of hydrogen-bond donors (Lipinski definition) is 1. The van der Waals surface area contributed by atoms with Gasteiger partial charge in [0.15, 0.2) is 0 Å². The van der Waals surface area contributed by atoms with Crippen molar-refractivity contribution in [2.75, 3.05) is 0 Å². The fraction of sp³-hybridized carbons (Fsp3) is 0.750. The summed E-state index contributed by atoms with van der Waals surface area (Å²) in [7, 11) is 0. The van der Waals surface area contributed by atoms with Crippen molar-refractivity contribution in [2.45, 2.75) is 46.5 Å². The number of hydrogen-bond acceptors (Lipinski definition) is 1. The molecular weight excluding hydrogens is 176 g/mol. The maximum Gasteiger partial charge on any atom is 0.303 e. The van der Waals surface area contributed by atoms with Gasteiger partial charge in [0.05, 0.1) is 0 Å². The van der Waals surface area contributed by atoms with E-state index < -0.39 is 5.97 Å². The van der Waals surface area contributed by atoms with Gasteiger partial charge in [0.2, 0.25) is 0 Å². The molecule has 0 heterocycles. The lowest BCUT2D eigenvalue weighted by molar-refractivity contribution is -0.137. The van der Waals surface area contributed by atoms with E-state index in [1.54, 1.807) is 0 Å². The molecule has 0 amide bonds. The lowest BCUT2D eigenvalue weighted by Gasteiger charge is -2.13. The summed E-state index contributed by atoms with van der Waals surface area (Å²) in [6, 6.07) is 0. The van der Waals surface area contributed by atoms with Crippen molar-refractivity contribution in [1.29, 1.82) is 0 Å². The third kappa shape index (κ3) is 7.84. The summed E-state index contributed by atoms with van der Waals surface area (Å²) in [5.41, 5.74) is 0. The lowest BCUT2D eigenvalue weighted by Crippen LogP contribution is -2.05. The number of aliphatic carboxylic acids is 1. The maximum atomic E-state index is 10.4. The van der Waals surface area contributed by atoms with Crippen LogP contribution in [0.15, 0.2) is 12.2 Å². The predicted octanol–water partition coefficient (Wildman–Crippen LogP) is 3.48. The molecule has 14 heavy (non-hydrogen) atoms. The van der Waals surface area contributed by atoms with Crippen molar-refractivity contribution in [3.8, 4) is 0 Å². The fourth-order valence-electron chi connectivity index (χ4n) is 1.54. The summed E-state index contributed by atoms with van der Waals surface area (Å²) in [6.07, 6.45) is 7.47. The first-order chi connectivity index (χ1) is 6.56. The van der Waals surface area contributed by atoms with Crippen molar-refractivity contribution in [3.05, 3.63) is 12.2 Å². The molecule has 2 heteroatoms. The van der Waals surface area contributed by atoms with Crippen LogP contribution < -0.4 is 0 Å². The molecule has 0 radical (unpaired) electrons. The van der Waals surface area contributed by atoms with Gasteiger partial charge in [-0.05, 0) is 31.1 Å². The van der Waals surface area contributed by atoms with Crippen LogP contribution in [0.25, 0.3) is 0 Å². The molecule has 0 fully saturated rings. The van der Waals surface area contributed by atoms with E-state index >= 15 is 0 Å². The van der Waals surface area contributed by atoms with Gasteiger partial charge in [0, 0.05) is 6.42 Å². The second-order valence-corrected chi connectivity index (χ2v) is 4.16. The van der Waals surface area contributed by atoms with E-state index in [-0.39, 0.29) is 6.42 Å². The molecule has 0 aromatic heterocycles. The molecule has 0 aromatic carbocycles. The van der Waals surface area contributed by atoms with E-state index in [0.717, 1.165) is 19.3 Å². The minimum absolute atomic E-state index is 0.283. The molecule has 1 atom stereocenters. The summed E-state index contributed by atoms with van der Waals surface area (Å²) in [4.78, 5) is 10.4. The topological polar surface area (TPSA) is 37.3 Å². The Hall–Kier alpha value is -0.790. The van der Waals surface area contributed by atoms with Gasteiger partial charge in [0.25, 0.3) is 0 Å². The highest BCUT2D eigenvalue weighted by Gasteiger charge is 2.09. The van der Waals surface area contributed by atoms with E-state index in [1.807, 2.05) is 0 Å². The monoisotopic (exact) mass is 198 g/mol. The minimum Gasteiger partial charge on any atom is -0.481 e. The molecule has 2 nitrogen and oxygen atoms in total. The summed E-state index contributed by atoms with van der Waals surface area (Å²) in [6.45, 7) is 6.45. The average Bonchev–Trinajstić information content (AvgIpc) is 2.09. The molecule has 0 aliphatic heterocycles. The molecule has 0 bridgehead atoms. The Labute approximate surface area is 87.0 Å². The second-order valence-electron chi connectivity index (χ2n) is 4.16. The normalized spacial score (nSPS) is 13.7. The van der Waals surface area contributed by atoms with Gasteiger partial charge in [-0.2, -0.15) is 0 Å². The third-order valence-electron chi connectivity index (χ3n) is 2.15. The SMILES string of the molecule is CC/C=C/C(CCC(=O)O)CC(C)C. The van der Waals surface area contributed by atoms with Crippen molar-refractivity contribution in [1.82, 2.24) is 0 Å². The minimum atomic E-state index is -0.691. The van der Waals surface area contributed by atoms with Crippen LogP contribution >= 0.6 is 0 Å². The number of carbonyl (C=O) groups is 1. The maximum absolute atomic E-state index is 10.4. The molecule has 0 aliphatic carbocycles. The average molecular weight is 198 g/mol. The molecular formula is C12H22O2. The number of carboxylic acids is 1. The number of rotatable bonds is 7. The summed E-state index contributed by atoms with van der Waals surface area (Å²) < 4.78 is 0. The van der Waals surface area contributed by atoms with Crippen LogP contribution in [0.4, 0.5) is 0 Å². The highest BCUT2D eigenvalue weighted by atomic mass is 16.4. The van der Waals surface area contributed by atoms with E-state index in [1.165, 1.54) is 0 Å². The van der Waals surface area contributed by atoms with Crippen molar-refractivity contribution < 1.29 is 9.90 Å². The quantitative estimate of drug-likeness (QED) is 0.636. The Kier molecular flexibility index (Phi) is 7.17. The van der Waals surface area contributed by atoms with Gasteiger partial charge in [0.1, 0.15) is 0 Å². The number of carboxylic acid groups (broad SMARTS) is 1. The predicted molar refractivity (Wildman–Crippen MR) is 59.2 cm³/mol. The Morgan fingerprint density at radius 2 is 2.07 bits per heavy atom. The zero-order chi connectivity index (χ0) is 11.0. The lowest BCUT2D eigenvalue weighted by atomic mass is 9.92. The zero-order valence-electron chi connectivity index (χ0n) is 9.49. The van der Waals surface area contributed by atoms with Crippen molar-refractivity contribution >= 4 is 5.97 Å². The van der Waals surface area contributed by atoms with Gasteiger partial charge in [-0.15, -0.1) is 0 Å². The molecule has 0 saturated heterocycles. The molecule has 0 aliphatic rings. The number of allylic oxidation sites excluding steroid dienone is 2. The summed E-state index contributed by atoms with van der Waals surface area (Å²) in [5, 5.41) is 8.60. The van der Waals surface area contributed by atoms with Crippen LogP contribution in [0.3, 0.4) is 0 Å². The standard InChI is InChI=1S/C12H22O2/c1-4-5-6-11(9-10(2)3)7-8-12(13)14/h5-6,10-11H,4,7-9H2,1-3H3,(H,13,14)/b6-5+. The van der Waals surface area contributed by atoms with Gasteiger partial charge >= 0.3 is 5.97 Å². The molecule has 1 unspecified atom stereocenters. The van der Waals surface area contributed by atoms with E-state index in [2.05, 4.69) is 32.9 Å². The zero-order valence-corrected chi connectivity index (χ0v) is 9.49. The van der Waals surface area contributed by atoms with Gasteiger partial charge in [-0.25, -0.2) is 0 Å². The summed E-state index contributed by atoms with van der Waals surface area (Å²) >= 11 is 0. The molecule has 82 valence electrons. The molecule has 0 aromatic rings. The first kappa shape index (κ1) is 13.2. The first-order valence-electron chi connectivity index (χ1n) is 5.44. The Morgan fingerprint density at radius 3 is 2.50 bits per heavy atom. The van der Waals surface area contributed by atoms with Gasteiger partial charge < -0.3 is 5.11 Å². The Bertz CT molecular complexity index is 183. The molecule has 0 spiro atoms. The van der Waals surface area contributed by atoms with E-state index in [4.69, 9.17) is 5.11 Å². The highest BCUT2D eigenvalue weighted by molar-refractivity contribution is 5.66. The van der Waals surface area contributed by atoms with E-state index in [9.17, 15) is 4.79 Å². The highest BCUT2D eigenvalue weighted by Crippen LogP contribution is 2.18. The second kappa shape index (κ2) is 7.60. The van der Waals surface area contributed by atoms with Crippen molar-refractivity contribution in [2.24, 2.45) is 11.8 Å². The van der Waals surface area contributed by atoms with Crippen LogP contribution in [0.1, 0.15) is 46.5 Å². The summed E-state index contributed by atoms with van der Waals surface area (Å²) in [5.74, 6) is 0.380. The van der Waals surface area contributed by atoms with Crippen LogP contribution in [0.5, 0.6) is 0 Å². The van der Waals surface area contributed by atoms with Crippen LogP contribution in [0.2, 0.25) is 0 Å². The smallest absolute Gasteiger partial charge is 0.303 e. The largest absolute Gasteiger partial charge is 0.481 e. The Balaban J connectivity index is 3.96. The van der Waals surface area contributed by atoms with Crippen LogP contribution in [0, 0.1) is 11.8 Å². The van der Waals surface area contributed by atoms with Crippen LogP contribution in [-0.4, -0.2) is 11.1 Å². The molecule has 0 saturated carbocycles. The van der Waals surface area contributed by atoms with Gasteiger partial charge in [-0.1, -0.05) is 32.9 Å². The first-order valence-corrected chi connectivity index (χ1v) is 5.44. The fourth-order valence-corrected chi connectivity index (χ4v) is 1.54. The molecule has 0 rings (SSSR count). The third-order valence-corrected chi connectivity index (χ3v) is 2.15. The van der Waals surface area contributed by atoms with Gasteiger partial charge in [-0.3, -0.25) is 4.79 Å². The Morgan fingerprint density at radius 1 is 1.43 bits per heavy atom. The molecule has 1 N–H and O–H groups in total. The van der Waals surface area contributed by atoms with E-state index in [0.29, 0.717) is 11.8 Å².